The summed E-state index contributed by atoms with van der Waals surface area (Å²) in [4.78, 5) is 0. The normalized spacial score (nSPS) is 20.7. The zero-order chi connectivity index (χ0) is 7.61. The molecule has 0 unspecified atom stereocenters. The van der Waals surface area contributed by atoms with Gasteiger partial charge < -0.3 is 10.4 Å². The largest absolute Gasteiger partial charge is 0.396 e. The first-order valence-corrected chi connectivity index (χ1v) is 3.96. The van der Waals surface area contributed by atoms with Gasteiger partial charge in [0, 0.05) is 6.61 Å². The number of hydrogen-bond donors (Lipinski definition) is 2. The van der Waals surface area contributed by atoms with Gasteiger partial charge in [-0.25, -0.2) is 0 Å². The van der Waals surface area contributed by atoms with Crippen LogP contribution in [0.25, 0.3) is 0 Å². The summed E-state index contributed by atoms with van der Waals surface area (Å²) in [6.07, 6.45) is 1.15. The van der Waals surface area contributed by atoms with Crippen LogP contribution in [0.15, 0.2) is 0 Å². The van der Waals surface area contributed by atoms with Crippen LogP contribution in [0.4, 0.5) is 0 Å². The van der Waals surface area contributed by atoms with Crippen molar-refractivity contribution in [2.75, 3.05) is 19.7 Å². The minimum absolute atomic E-state index is 0.132. The lowest BCUT2D eigenvalue weighted by Crippen LogP contribution is -2.44. The average Bonchev–Trinajstić information content (AvgIpc) is 1.80. The molecular formula is C8H17NO. The smallest absolute Gasteiger partial charge is 0.0482 e. The Kier molecular flexibility index (Phi) is 2.32. The van der Waals surface area contributed by atoms with Crippen molar-refractivity contribution < 1.29 is 5.11 Å². The van der Waals surface area contributed by atoms with Crippen LogP contribution in [-0.4, -0.2) is 24.8 Å². The maximum absolute atomic E-state index is 8.94. The number of nitrogens with one attached hydrogen (secondary N) is 1. The molecule has 0 saturated carbocycles. The Hall–Kier alpha value is -0.0800. The van der Waals surface area contributed by atoms with E-state index in [1.54, 1.807) is 0 Å². The number of rotatable bonds is 3. The summed E-state index contributed by atoms with van der Waals surface area (Å²) in [5.74, 6) is 0.808. The van der Waals surface area contributed by atoms with Gasteiger partial charge in [-0.2, -0.15) is 0 Å². The molecule has 2 nitrogen and oxygen atoms in total. The molecule has 0 radical (unpaired) electrons. The molecule has 0 amide bonds. The van der Waals surface area contributed by atoms with Gasteiger partial charge in [-0.15, -0.1) is 0 Å². The Morgan fingerprint density at radius 2 is 2.10 bits per heavy atom. The lowest BCUT2D eigenvalue weighted by Gasteiger charge is -2.33. The monoisotopic (exact) mass is 143 g/mol. The van der Waals surface area contributed by atoms with Crippen molar-refractivity contribution in [2.45, 2.75) is 20.3 Å². The van der Waals surface area contributed by atoms with Crippen molar-refractivity contribution in [2.24, 2.45) is 11.3 Å². The van der Waals surface area contributed by atoms with E-state index in [0.717, 1.165) is 25.4 Å². The Bertz CT molecular complexity index is 108. The molecule has 0 atom stereocenters. The van der Waals surface area contributed by atoms with Gasteiger partial charge in [0.1, 0.15) is 0 Å². The highest BCUT2D eigenvalue weighted by molar-refractivity contribution is 4.81. The Morgan fingerprint density at radius 1 is 1.50 bits per heavy atom. The summed E-state index contributed by atoms with van der Waals surface area (Å²) < 4.78 is 0. The highest BCUT2D eigenvalue weighted by Gasteiger charge is 2.25. The summed E-state index contributed by atoms with van der Waals surface area (Å²) in [7, 11) is 0. The molecule has 0 bridgehead atoms. The first kappa shape index (κ1) is 8.02. The van der Waals surface area contributed by atoms with E-state index in [9.17, 15) is 0 Å². The van der Waals surface area contributed by atoms with Crippen LogP contribution in [0.2, 0.25) is 0 Å². The molecule has 1 rings (SSSR count). The number of hydrogen-bond acceptors (Lipinski definition) is 2. The summed E-state index contributed by atoms with van der Waals surface area (Å²) >= 11 is 0. The van der Waals surface area contributed by atoms with Crippen molar-refractivity contribution >= 4 is 0 Å². The molecular weight excluding hydrogens is 126 g/mol. The van der Waals surface area contributed by atoms with Crippen LogP contribution in [0, 0.1) is 11.3 Å². The molecule has 1 aliphatic heterocycles. The molecule has 1 aliphatic rings. The second-order valence-corrected chi connectivity index (χ2v) is 4.05. The molecule has 0 aromatic carbocycles. The second-order valence-electron chi connectivity index (χ2n) is 4.05. The van der Waals surface area contributed by atoms with Crippen LogP contribution >= 0.6 is 0 Å². The Morgan fingerprint density at radius 3 is 2.40 bits per heavy atom. The third-order valence-corrected chi connectivity index (χ3v) is 2.14. The van der Waals surface area contributed by atoms with Gasteiger partial charge in [0.15, 0.2) is 0 Å². The van der Waals surface area contributed by atoms with E-state index in [1.165, 1.54) is 0 Å². The molecule has 0 aromatic rings. The summed E-state index contributed by atoms with van der Waals surface area (Å²) in [6, 6.07) is 0. The first-order chi connectivity index (χ1) is 4.64. The molecule has 1 fully saturated rings. The van der Waals surface area contributed by atoms with E-state index in [1.807, 2.05) is 0 Å². The van der Waals surface area contributed by atoms with Gasteiger partial charge in [-0.3, -0.25) is 0 Å². The van der Waals surface area contributed by atoms with Crippen LogP contribution in [0.5, 0.6) is 0 Å². The standard InChI is InChI=1S/C8H17NO/c1-8(2,6-10)3-7-4-9-5-7/h7,9-10H,3-6H2,1-2H3. The van der Waals surface area contributed by atoms with E-state index in [-0.39, 0.29) is 5.41 Å². The molecule has 2 heteroatoms. The molecule has 0 spiro atoms. The van der Waals surface area contributed by atoms with Crippen molar-refractivity contribution in [3.63, 3.8) is 0 Å². The van der Waals surface area contributed by atoms with E-state index >= 15 is 0 Å². The fraction of sp³-hybridized carbons (Fsp3) is 1.00. The summed E-state index contributed by atoms with van der Waals surface area (Å²) in [5, 5.41) is 12.2. The summed E-state index contributed by atoms with van der Waals surface area (Å²) in [5.41, 5.74) is 0.132. The predicted molar refractivity (Wildman–Crippen MR) is 41.8 cm³/mol. The predicted octanol–water partition coefficient (Wildman–Crippen LogP) is 0.614. The minimum Gasteiger partial charge on any atom is -0.396 e. The third kappa shape index (κ3) is 1.96. The number of aliphatic hydroxyl groups excluding tert-OH is 1. The van der Waals surface area contributed by atoms with Crippen LogP contribution < -0.4 is 5.32 Å². The summed E-state index contributed by atoms with van der Waals surface area (Å²) in [6.45, 7) is 6.83. The fourth-order valence-electron chi connectivity index (χ4n) is 1.34. The topological polar surface area (TPSA) is 32.3 Å². The Balaban J connectivity index is 2.21. The van der Waals surface area contributed by atoms with Crippen molar-refractivity contribution in [3.05, 3.63) is 0 Å². The third-order valence-electron chi connectivity index (χ3n) is 2.14. The van der Waals surface area contributed by atoms with E-state index in [0.29, 0.717) is 6.61 Å². The van der Waals surface area contributed by atoms with Crippen molar-refractivity contribution in [1.82, 2.24) is 5.32 Å². The van der Waals surface area contributed by atoms with Gasteiger partial charge in [-0.05, 0) is 30.8 Å². The molecule has 0 aromatic heterocycles. The molecule has 1 heterocycles. The highest BCUT2D eigenvalue weighted by Crippen LogP contribution is 2.26. The molecule has 1 saturated heterocycles. The quantitative estimate of drug-likeness (QED) is 0.607. The van der Waals surface area contributed by atoms with E-state index in [2.05, 4.69) is 19.2 Å². The van der Waals surface area contributed by atoms with Gasteiger partial charge in [0.2, 0.25) is 0 Å². The number of aliphatic hydroxyl groups is 1. The molecule has 2 N–H and O–H groups in total. The van der Waals surface area contributed by atoms with Crippen molar-refractivity contribution in [1.29, 1.82) is 0 Å². The van der Waals surface area contributed by atoms with Crippen LogP contribution in [0.1, 0.15) is 20.3 Å². The zero-order valence-electron chi connectivity index (χ0n) is 6.85. The van der Waals surface area contributed by atoms with Crippen LogP contribution in [0.3, 0.4) is 0 Å². The lowest BCUT2D eigenvalue weighted by atomic mass is 9.81. The second kappa shape index (κ2) is 2.89. The maximum Gasteiger partial charge on any atom is 0.0482 e. The van der Waals surface area contributed by atoms with Gasteiger partial charge in [0.05, 0.1) is 0 Å². The highest BCUT2D eigenvalue weighted by atomic mass is 16.3. The van der Waals surface area contributed by atoms with Gasteiger partial charge in [-0.1, -0.05) is 13.8 Å². The van der Waals surface area contributed by atoms with Gasteiger partial charge in [0.25, 0.3) is 0 Å². The lowest BCUT2D eigenvalue weighted by molar-refractivity contribution is 0.115. The first-order valence-electron chi connectivity index (χ1n) is 3.96. The van der Waals surface area contributed by atoms with E-state index in [4.69, 9.17) is 5.11 Å². The SMILES string of the molecule is CC(C)(CO)CC1CNC1. The van der Waals surface area contributed by atoms with Crippen molar-refractivity contribution in [3.8, 4) is 0 Å². The molecule has 60 valence electrons. The molecule has 10 heavy (non-hydrogen) atoms. The zero-order valence-corrected chi connectivity index (χ0v) is 6.85. The minimum atomic E-state index is 0.132. The Labute approximate surface area is 62.6 Å². The van der Waals surface area contributed by atoms with Gasteiger partial charge >= 0.3 is 0 Å². The fourth-order valence-corrected chi connectivity index (χ4v) is 1.34. The van der Waals surface area contributed by atoms with Crippen LogP contribution in [-0.2, 0) is 0 Å². The maximum atomic E-state index is 8.94. The van der Waals surface area contributed by atoms with E-state index < -0.39 is 0 Å². The molecule has 0 aliphatic carbocycles. The average molecular weight is 143 g/mol.